The summed E-state index contributed by atoms with van der Waals surface area (Å²) >= 11 is 17.8. The molecule has 34 heavy (non-hydrogen) atoms. The summed E-state index contributed by atoms with van der Waals surface area (Å²) in [5.74, 6) is -0.000131. The van der Waals surface area contributed by atoms with Crippen LogP contribution in [0.5, 0.6) is 0 Å². The maximum Gasteiger partial charge on any atom is 0.428 e. The predicted molar refractivity (Wildman–Crippen MR) is 120 cm³/mol. The van der Waals surface area contributed by atoms with E-state index in [9.17, 15) is 18.0 Å². The van der Waals surface area contributed by atoms with E-state index >= 15 is 4.39 Å². The fraction of sp³-hybridized carbons (Fsp3) is 0.348. The highest BCUT2D eigenvalue weighted by Crippen LogP contribution is 2.49. The molecule has 4 nitrogen and oxygen atoms in total. The number of hydroxylamine groups is 1. The highest BCUT2D eigenvalue weighted by molar-refractivity contribution is 6.48. The summed E-state index contributed by atoms with van der Waals surface area (Å²) in [4.78, 5) is 18.6. The zero-order chi connectivity index (χ0) is 24.5. The molecule has 0 radical (unpaired) electrons. The molecule has 2 aromatic rings. The lowest BCUT2D eigenvalue weighted by Gasteiger charge is -2.45. The molecule has 3 aliphatic rings. The van der Waals surface area contributed by atoms with Crippen LogP contribution in [0.15, 0.2) is 42.5 Å². The fourth-order valence-corrected chi connectivity index (χ4v) is 4.79. The van der Waals surface area contributed by atoms with Gasteiger partial charge in [-0.1, -0.05) is 59.1 Å². The number of hydrogen-bond donors (Lipinski definition) is 1. The molecule has 2 fully saturated rings. The number of rotatable bonds is 4. The average Bonchev–Trinajstić information content (AvgIpc) is 3.51. The molecule has 0 bridgehead atoms. The number of alkyl halides is 4. The minimum Gasteiger partial charge on any atom is -0.335 e. The summed E-state index contributed by atoms with van der Waals surface area (Å²) in [6.07, 6.45) is -2.29. The van der Waals surface area contributed by atoms with Crippen molar-refractivity contribution in [1.29, 1.82) is 0 Å². The van der Waals surface area contributed by atoms with Gasteiger partial charge in [0.1, 0.15) is 0 Å². The molecule has 0 spiro atoms. The van der Waals surface area contributed by atoms with E-state index in [1.165, 1.54) is 29.2 Å². The van der Waals surface area contributed by atoms with Gasteiger partial charge in [0.05, 0.1) is 33.9 Å². The topological polar surface area (TPSA) is 41.6 Å². The molecule has 5 rings (SSSR count). The van der Waals surface area contributed by atoms with Crippen molar-refractivity contribution in [2.24, 2.45) is 5.92 Å². The van der Waals surface area contributed by atoms with E-state index in [4.69, 9.17) is 39.6 Å². The van der Waals surface area contributed by atoms with Crippen LogP contribution in [-0.4, -0.2) is 30.1 Å². The molecule has 1 saturated heterocycles. The van der Waals surface area contributed by atoms with E-state index in [1.54, 1.807) is 0 Å². The van der Waals surface area contributed by atoms with E-state index in [2.05, 4.69) is 5.48 Å². The van der Waals surface area contributed by atoms with Gasteiger partial charge in [0.15, 0.2) is 5.67 Å². The first-order chi connectivity index (χ1) is 15.9. The molecule has 1 N–H and O–H groups in total. The Labute approximate surface area is 207 Å². The summed E-state index contributed by atoms with van der Waals surface area (Å²) in [7, 11) is 0. The minimum atomic E-state index is -4.87. The molecule has 0 aromatic heterocycles. The quantitative estimate of drug-likeness (QED) is 0.364. The summed E-state index contributed by atoms with van der Waals surface area (Å²) in [6, 6.07) is 8.09. The summed E-state index contributed by atoms with van der Waals surface area (Å²) in [5, 5.41) is -0.361. The van der Waals surface area contributed by atoms with Crippen molar-refractivity contribution < 1.29 is 27.2 Å². The number of carbonyl (C=O) groups excluding carboxylic acids is 1. The maximum atomic E-state index is 15.2. The van der Waals surface area contributed by atoms with Gasteiger partial charge in [-0.15, -0.1) is 0 Å². The highest BCUT2D eigenvalue weighted by Gasteiger charge is 2.60. The van der Waals surface area contributed by atoms with Crippen molar-refractivity contribution in [3.8, 4) is 0 Å². The van der Waals surface area contributed by atoms with E-state index in [0.29, 0.717) is 11.1 Å². The third kappa shape index (κ3) is 3.85. The maximum absolute atomic E-state index is 15.2. The second-order valence-corrected chi connectivity index (χ2v) is 9.95. The van der Waals surface area contributed by atoms with E-state index < -0.39 is 17.4 Å². The third-order valence-electron chi connectivity index (χ3n) is 6.34. The normalized spacial score (nSPS) is 23.9. The second-order valence-electron chi connectivity index (χ2n) is 8.76. The minimum absolute atomic E-state index is 0.0200. The summed E-state index contributed by atoms with van der Waals surface area (Å²) in [6.45, 7) is -0.0536. The van der Waals surface area contributed by atoms with E-state index in [0.717, 1.165) is 31.1 Å². The SMILES string of the molecule is O=C(C1CC1)N1CC(F)(c2ccc(C3=CC(c4cc(Cl)c(Cl)c(Cl)c4)(C(F)(F)F)ON3)cc2)C1. The lowest BCUT2D eigenvalue weighted by Crippen LogP contribution is -2.59. The van der Waals surface area contributed by atoms with E-state index in [-0.39, 0.29) is 51.2 Å². The van der Waals surface area contributed by atoms with Crippen LogP contribution in [-0.2, 0) is 20.9 Å². The van der Waals surface area contributed by atoms with Crippen LogP contribution in [0.2, 0.25) is 15.1 Å². The summed E-state index contributed by atoms with van der Waals surface area (Å²) in [5.41, 5.74) is -1.81. The second kappa shape index (κ2) is 8.01. The first-order valence-electron chi connectivity index (χ1n) is 10.4. The van der Waals surface area contributed by atoms with Crippen LogP contribution in [0.3, 0.4) is 0 Å². The molecule has 2 aliphatic heterocycles. The number of nitrogens with zero attached hydrogens (tertiary/aromatic N) is 1. The average molecular weight is 536 g/mol. The Morgan fingerprint density at radius 1 is 1.03 bits per heavy atom. The van der Waals surface area contributed by atoms with Gasteiger partial charge in [-0.3, -0.25) is 15.1 Å². The lowest BCUT2D eigenvalue weighted by atomic mass is 9.86. The van der Waals surface area contributed by atoms with E-state index in [1.807, 2.05) is 0 Å². The van der Waals surface area contributed by atoms with Gasteiger partial charge in [-0.05, 0) is 42.2 Å². The van der Waals surface area contributed by atoms with Gasteiger partial charge in [0.25, 0.3) is 0 Å². The van der Waals surface area contributed by atoms with Gasteiger partial charge < -0.3 is 4.90 Å². The first kappa shape index (κ1) is 23.7. The molecule has 1 amide bonds. The van der Waals surface area contributed by atoms with Crippen molar-refractivity contribution in [1.82, 2.24) is 10.4 Å². The van der Waals surface area contributed by atoms with Gasteiger partial charge in [-0.2, -0.15) is 13.2 Å². The Bertz CT molecular complexity index is 1170. The number of nitrogens with one attached hydrogen (secondary N) is 1. The zero-order valence-corrected chi connectivity index (χ0v) is 19.6. The van der Waals surface area contributed by atoms with Crippen molar-refractivity contribution >= 4 is 46.4 Å². The van der Waals surface area contributed by atoms with Gasteiger partial charge in [0.2, 0.25) is 11.5 Å². The number of amides is 1. The zero-order valence-electron chi connectivity index (χ0n) is 17.4. The Morgan fingerprint density at radius 2 is 1.62 bits per heavy atom. The Morgan fingerprint density at radius 3 is 2.15 bits per heavy atom. The number of likely N-dealkylation sites (tertiary alicyclic amines) is 1. The van der Waals surface area contributed by atoms with Crippen molar-refractivity contribution in [3.63, 3.8) is 0 Å². The van der Waals surface area contributed by atoms with Crippen LogP contribution in [0, 0.1) is 5.92 Å². The molecule has 1 atom stereocenters. The van der Waals surface area contributed by atoms with Gasteiger partial charge >= 0.3 is 6.18 Å². The number of halogens is 7. The molecule has 1 unspecified atom stereocenters. The number of hydrogen-bond acceptors (Lipinski definition) is 3. The molecule has 1 aliphatic carbocycles. The predicted octanol–water partition coefficient (Wildman–Crippen LogP) is 6.40. The summed E-state index contributed by atoms with van der Waals surface area (Å²) < 4.78 is 57.8. The molecule has 2 heterocycles. The Hall–Kier alpha value is -2.00. The first-order valence-corrected chi connectivity index (χ1v) is 11.5. The molecule has 1 saturated carbocycles. The molecular weight excluding hydrogens is 519 g/mol. The lowest BCUT2D eigenvalue weighted by molar-refractivity contribution is -0.269. The van der Waals surface area contributed by atoms with Crippen molar-refractivity contribution in [2.45, 2.75) is 30.3 Å². The fourth-order valence-electron chi connectivity index (χ4n) is 4.19. The van der Waals surface area contributed by atoms with Crippen molar-refractivity contribution in [2.75, 3.05) is 13.1 Å². The van der Waals surface area contributed by atoms with Crippen molar-refractivity contribution in [3.05, 3.63) is 74.2 Å². The van der Waals surface area contributed by atoms with Crippen LogP contribution in [0.4, 0.5) is 17.6 Å². The molecule has 11 heteroatoms. The molecule has 180 valence electrons. The molecule has 2 aromatic carbocycles. The third-order valence-corrected chi connectivity index (χ3v) is 7.53. The highest BCUT2D eigenvalue weighted by atomic mass is 35.5. The standard InChI is InChI=1S/C23H17Cl3F4N2O2/c24-16-7-15(8-17(25)19(16)26)22(23(28,29)30)9-18(31-34-22)12-3-5-14(6-4-12)21(27)10-32(11-21)20(33)13-1-2-13/h3-9,13,31H,1-2,10-11H2. The Balaban J connectivity index is 1.41. The smallest absolute Gasteiger partial charge is 0.335 e. The van der Waals surface area contributed by atoms with Crippen LogP contribution in [0.1, 0.15) is 29.5 Å². The largest absolute Gasteiger partial charge is 0.428 e. The van der Waals surface area contributed by atoms with Crippen LogP contribution in [0.25, 0.3) is 5.70 Å². The van der Waals surface area contributed by atoms with Crippen LogP contribution < -0.4 is 5.48 Å². The van der Waals surface area contributed by atoms with Gasteiger partial charge in [-0.25, -0.2) is 4.39 Å². The van der Waals surface area contributed by atoms with Gasteiger partial charge in [0, 0.05) is 11.5 Å². The molecular formula is C23H17Cl3F4N2O2. The van der Waals surface area contributed by atoms with Crippen LogP contribution >= 0.6 is 34.8 Å². The number of benzene rings is 2. The Kier molecular flexibility index (Phi) is 5.59. The monoisotopic (exact) mass is 534 g/mol. The number of carbonyl (C=O) groups is 1.